The normalized spacial score (nSPS) is 10.7. The zero-order chi connectivity index (χ0) is 18.9. The van der Waals surface area contributed by atoms with Crippen LogP contribution in [0.25, 0.3) is 0 Å². The number of unbranched alkanes of at least 4 members (excludes halogenated alkanes) is 11. The van der Waals surface area contributed by atoms with Crippen molar-refractivity contribution >= 4 is 11.7 Å². The molecule has 1 N–H and O–H groups in total. The first-order chi connectivity index (χ1) is 12.7. The average Bonchev–Trinajstić information content (AvgIpc) is 2.64. The summed E-state index contributed by atoms with van der Waals surface area (Å²) in [5, 5.41) is 3.46. The van der Waals surface area contributed by atoms with Crippen LogP contribution in [0.5, 0.6) is 0 Å². The molecule has 0 heterocycles. The summed E-state index contributed by atoms with van der Waals surface area (Å²) in [6, 6.07) is 8.12. The van der Waals surface area contributed by atoms with Crippen LogP contribution in [0, 0.1) is 0 Å². The van der Waals surface area contributed by atoms with Crippen molar-refractivity contribution in [2.75, 3.05) is 11.9 Å². The quantitative estimate of drug-likeness (QED) is 0.258. The van der Waals surface area contributed by atoms with Gasteiger partial charge in [-0.3, -0.25) is 4.79 Å². The minimum atomic E-state index is -0.237. The van der Waals surface area contributed by atoms with Crippen LogP contribution in [0.4, 0.5) is 5.69 Å². The molecule has 0 aliphatic carbocycles. The van der Waals surface area contributed by atoms with E-state index in [1.165, 1.54) is 84.0 Å². The van der Waals surface area contributed by atoms with E-state index in [4.69, 9.17) is 4.74 Å². The van der Waals surface area contributed by atoms with Gasteiger partial charge in [0.15, 0.2) is 0 Å². The largest absolute Gasteiger partial charge is 0.461 e. The molecule has 26 heavy (non-hydrogen) atoms. The van der Waals surface area contributed by atoms with Gasteiger partial charge in [0.25, 0.3) is 0 Å². The summed E-state index contributed by atoms with van der Waals surface area (Å²) in [5.74, 6) is -0.237. The SMILES string of the molecule is CCCCCCCCCCCCCCNc1ccc(COC(C)=O)cc1. The molecule has 0 amide bonds. The Labute approximate surface area is 160 Å². The molecule has 1 aromatic rings. The zero-order valence-corrected chi connectivity index (χ0v) is 17.0. The molecular formula is C23H39NO2. The maximum absolute atomic E-state index is 10.8. The Hall–Kier alpha value is -1.51. The van der Waals surface area contributed by atoms with Gasteiger partial charge >= 0.3 is 5.97 Å². The molecule has 148 valence electrons. The van der Waals surface area contributed by atoms with Gasteiger partial charge < -0.3 is 10.1 Å². The van der Waals surface area contributed by atoms with Crippen LogP contribution < -0.4 is 5.32 Å². The Bertz CT molecular complexity index is 456. The molecule has 0 saturated carbocycles. The highest BCUT2D eigenvalue weighted by molar-refractivity contribution is 5.65. The summed E-state index contributed by atoms with van der Waals surface area (Å²) in [6.45, 7) is 5.10. The second-order valence-corrected chi connectivity index (χ2v) is 7.29. The van der Waals surface area contributed by atoms with Crippen molar-refractivity contribution in [3.05, 3.63) is 29.8 Å². The lowest BCUT2D eigenvalue weighted by atomic mass is 10.1. The molecule has 0 atom stereocenters. The van der Waals surface area contributed by atoms with Crippen LogP contribution in [0.3, 0.4) is 0 Å². The van der Waals surface area contributed by atoms with Crippen LogP contribution in [-0.4, -0.2) is 12.5 Å². The van der Waals surface area contributed by atoms with Crippen LogP contribution in [-0.2, 0) is 16.1 Å². The van der Waals surface area contributed by atoms with Crippen molar-refractivity contribution in [1.29, 1.82) is 0 Å². The van der Waals surface area contributed by atoms with Crippen molar-refractivity contribution in [2.45, 2.75) is 97.5 Å². The van der Waals surface area contributed by atoms with E-state index in [-0.39, 0.29) is 5.97 Å². The molecule has 0 bridgehead atoms. The highest BCUT2D eigenvalue weighted by Crippen LogP contribution is 2.13. The van der Waals surface area contributed by atoms with Crippen molar-refractivity contribution in [3.8, 4) is 0 Å². The smallest absolute Gasteiger partial charge is 0.302 e. The summed E-state index contributed by atoms with van der Waals surface area (Å²) in [7, 11) is 0. The van der Waals surface area contributed by atoms with Crippen molar-refractivity contribution in [2.24, 2.45) is 0 Å². The third-order valence-electron chi connectivity index (χ3n) is 4.76. The summed E-state index contributed by atoms with van der Waals surface area (Å²) >= 11 is 0. The molecule has 0 aliphatic rings. The van der Waals surface area contributed by atoms with E-state index >= 15 is 0 Å². The fourth-order valence-electron chi connectivity index (χ4n) is 3.10. The first-order valence-electron chi connectivity index (χ1n) is 10.7. The van der Waals surface area contributed by atoms with E-state index in [9.17, 15) is 4.79 Å². The van der Waals surface area contributed by atoms with Crippen molar-refractivity contribution in [1.82, 2.24) is 0 Å². The van der Waals surface area contributed by atoms with Gasteiger partial charge in [-0.15, -0.1) is 0 Å². The van der Waals surface area contributed by atoms with Crippen LogP contribution in [0.1, 0.15) is 96.5 Å². The highest BCUT2D eigenvalue weighted by Gasteiger charge is 1.98. The molecule has 1 rings (SSSR count). The third-order valence-corrected chi connectivity index (χ3v) is 4.76. The Morgan fingerprint density at radius 1 is 0.808 bits per heavy atom. The van der Waals surface area contributed by atoms with E-state index in [1.54, 1.807) is 0 Å². The van der Waals surface area contributed by atoms with Gasteiger partial charge in [-0.05, 0) is 24.1 Å². The van der Waals surface area contributed by atoms with Crippen LogP contribution in [0.15, 0.2) is 24.3 Å². The van der Waals surface area contributed by atoms with Gasteiger partial charge in [-0.1, -0.05) is 89.7 Å². The van der Waals surface area contributed by atoms with E-state index in [2.05, 4.69) is 24.4 Å². The molecule has 0 fully saturated rings. The van der Waals surface area contributed by atoms with Crippen molar-refractivity contribution < 1.29 is 9.53 Å². The Morgan fingerprint density at radius 3 is 1.81 bits per heavy atom. The Morgan fingerprint density at radius 2 is 1.31 bits per heavy atom. The standard InChI is InChI=1S/C23H39NO2/c1-3-4-5-6-7-8-9-10-11-12-13-14-19-24-23-17-15-22(16-18-23)20-26-21(2)25/h15-18,24H,3-14,19-20H2,1-2H3. The maximum atomic E-state index is 10.8. The molecule has 0 saturated heterocycles. The van der Waals surface area contributed by atoms with E-state index in [0.29, 0.717) is 6.61 Å². The lowest BCUT2D eigenvalue weighted by molar-refractivity contribution is -0.142. The summed E-state index contributed by atoms with van der Waals surface area (Å²) < 4.78 is 4.99. The summed E-state index contributed by atoms with van der Waals surface area (Å²) in [4.78, 5) is 10.8. The fraction of sp³-hybridized carbons (Fsp3) is 0.696. The van der Waals surface area contributed by atoms with Gasteiger partial charge in [0.1, 0.15) is 6.61 Å². The number of hydrogen-bond donors (Lipinski definition) is 1. The molecule has 0 aliphatic heterocycles. The predicted molar refractivity (Wildman–Crippen MR) is 111 cm³/mol. The maximum Gasteiger partial charge on any atom is 0.302 e. The lowest BCUT2D eigenvalue weighted by Crippen LogP contribution is -2.02. The van der Waals surface area contributed by atoms with Gasteiger partial charge in [-0.2, -0.15) is 0 Å². The van der Waals surface area contributed by atoms with E-state index < -0.39 is 0 Å². The third kappa shape index (κ3) is 12.8. The van der Waals surface area contributed by atoms with Crippen molar-refractivity contribution in [3.63, 3.8) is 0 Å². The molecule has 3 heteroatoms. The minimum absolute atomic E-state index is 0.237. The fourth-order valence-corrected chi connectivity index (χ4v) is 3.10. The highest BCUT2D eigenvalue weighted by atomic mass is 16.5. The van der Waals surface area contributed by atoms with E-state index in [0.717, 1.165) is 17.8 Å². The number of carbonyl (C=O) groups is 1. The first-order valence-corrected chi connectivity index (χ1v) is 10.7. The summed E-state index contributed by atoms with van der Waals surface area (Å²) in [5.41, 5.74) is 2.16. The van der Waals surface area contributed by atoms with Crippen LogP contribution in [0.2, 0.25) is 0 Å². The Kier molecular flexibility index (Phi) is 13.6. The number of rotatable bonds is 16. The molecule has 3 nitrogen and oxygen atoms in total. The number of carbonyl (C=O) groups excluding carboxylic acids is 1. The molecule has 0 spiro atoms. The van der Waals surface area contributed by atoms with Gasteiger partial charge in [0.2, 0.25) is 0 Å². The van der Waals surface area contributed by atoms with Crippen LogP contribution >= 0.6 is 0 Å². The number of hydrogen-bond acceptors (Lipinski definition) is 3. The monoisotopic (exact) mass is 361 g/mol. The predicted octanol–water partition coefficient (Wildman–Crippen LogP) is 6.86. The average molecular weight is 362 g/mol. The second kappa shape index (κ2) is 15.7. The molecule has 1 aromatic carbocycles. The zero-order valence-electron chi connectivity index (χ0n) is 17.0. The van der Waals surface area contributed by atoms with Gasteiger partial charge in [-0.25, -0.2) is 0 Å². The summed E-state index contributed by atoms with van der Waals surface area (Å²) in [6.07, 6.45) is 16.6. The molecule has 0 unspecified atom stereocenters. The second-order valence-electron chi connectivity index (χ2n) is 7.29. The first kappa shape index (κ1) is 22.5. The number of anilines is 1. The number of esters is 1. The number of nitrogens with one attached hydrogen (secondary N) is 1. The Balaban J connectivity index is 1.90. The number of benzene rings is 1. The van der Waals surface area contributed by atoms with Gasteiger partial charge in [0.05, 0.1) is 0 Å². The van der Waals surface area contributed by atoms with Gasteiger partial charge in [0, 0.05) is 19.2 Å². The number of ether oxygens (including phenoxy) is 1. The minimum Gasteiger partial charge on any atom is -0.461 e. The topological polar surface area (TPSA) is 38.3 Å². The molecule has 0 aromatic heterocycles. The van der Waals surface area contributed by atoms with E-state index in [1.807, 2.05) is 12.1 Å². The molecular weight excluding hydrogens is 322 g/mol. The molecule has 0 radical (unpaired) electrons. The lowest BCUT2D eigenvalue weighted by Gasteiger charge is -2.08.